The zero-order valence-electron chi connectivity index (χ0n) is 11.3. The normalized spacial score (nSPS) is 20.1. The molecule has 4 nitrogen and oxygen atoms in total. The molecule has 1 fully saturated rings. The van der Waals surface area contributed by atoms with Gasteiger partial charge in [0, 0.05) is 31.7 Å². The van der Waals surface area contributed by atoms with E-state index in [1.54, 1.807) is 0 Å². The third kappa shape index (κ3) is 3.00. The van der Waals surface area contributed by atoms with E-state index in [2.05, 4.69) is 10.2 Å². The predicted molar refractivity (Wildman–Crippen MR) is 77.8 cm³/mol. The Kier molecular flexibility index (Phi) is 5.46. The van der Waals surface area contributed by atoms with E-state index in [1.165, 1.54) is 0 Å². The van der Waals surface area contributed by atoms with E-state index in [9.17, 15) is 4.39 Å². The first-order valence-electron chi connectivity index (χ1n) is 6.79. The number of hydrogen-bond acceptors (Lipinski definition) is 4. The van der Waals surface area contributed by atoms with E-state index in [0.717, 1.165) is 43.2 Å². The highest BCUT2D eigenvalue weighted by Crippen LogP contribution is 2.39. The molecule has 1 aromatic carbocycles. The first-order chi connectivity index (χ1) is 9.40. The van der Waals surface area contributed by atoms with E-state index in [4.69, 9.17) is 9.47 Å². The molecule has 0 amide bonds. The van der Waals surface area contributed by atoms with Crippen LogP contribution in [0.3, 0.4) is 0 Å². The number of nitrogens with one attached hydrogen (secondary N) is 1. The van der Waals surface area contributed by atoms with Gasteiger partial charge in [-0.05, 0) is 6.07 Å². The number of halogens is 2. The Morgan fingerprint density at radius 1 is 1.20 bits per heavy atom. The van der Waals surface area contributed by atoms with Crippen LogP contribution < -0.4 is 14.8 Å². The molecule has 0 unspecified atom stereocenters. The number of benzene rings is 1. The Morgan fingerprint density at radius 2 is 1.95 bits per heavy atom. The summed E-state index contributed by atoms with van der Waals surface area (Å²) >= 11 is 0. The second-order valence-electron chi connectivity index (χ2n) is 4.83. The predicted octanol–water partition coefficient (Wildman–Crippen LogP) is 1.80. The van der Waals surface area contributed by atoms with Gasteiger partial charge in [0.05, 0.1) is 6.04 Å². The molecule has 0 spiro atoms. The molecule has 0 saturated carbocycles. The number of para-hydroxylation sites is 1. The lowest BCUT2D eigenvalue weighted by molar-refractivity contribution is 0.133. The average Bonchev–Trinajstić information content (AvgIpc) is 2.49. The van der Waals surface area contributed by atoms with Crippen LogP contribution in [0.25, 0.3) is 0 Å². The van der Waals surface area contributed by atoms with Crippen LogP contribution in [0.5, 0.6) is 11.5 Å². The fourth-order valence-electron chi connectivity index (χ4n) is 2.73. The van der Waals surface area contributed by atoms with Crippen molar-refractivity contribution in [2.24, 2.45) is 0 Å². The lowest BCUT2D eigenvalue weighted by Gasteiger charge is -2.35. The quantitative estimate of drug-likeness (QED) is 0.923. The summed E-state index contributed by atoms with van der Waals surface area (Å²) in [6.45, 7) is 4.22. The molecule has 112 valence electrons. The van der Waals surface area contributed by atoms with Crippen molar-refractivity contribution < 1.29 is 13.9 Å². The van der Waals surface area contributed by atoms with Crippen molar-refractivity contribution in [1.82, 2.24) is 10.2 Å². The molecule has 0 aromatic heterocycles. The number of ether oxygens (including phenoxy) is 2. The summed E-state index contributed by atoms with van der Waals surface area (Å²) in [6, 6.07) is 5.50. The van der Waals surface area contributed by atoms with E-state index in [-0.39, 0.29) is 18.4 Å². The molecule has 2 aliphatic rings. The van der Waals surface area contributed by atoms with Gasteiger partial charge in [-0.25, -0.2) is 4.39 Å². The second kappa shape index (κ2) is 7.11. The monoisotopic (exact) mass is 302 g/mol. The van der Waals surface area contributed by atoms with E-state index in [0.29, 0.717) is 13.2 Å². The third-order valence-corrected chi connectivity index (χ3v) is 3.69. The minimum atomic E-state index is -0.403. The summed E-state index contributed by atoms with van der Waals surface area (Å²) in [5.74, 6) is 1.45. The van der Waals surface area contributed by atoms with Gasteiger partial charge in [-0.15, -0.1) is 12.4 Å². The van der Waals surface area contributed by atoms with Crippen LogP contribution in [-0.2, 0) is 0 Å². The van der Waals surface area contributed by atoms with E-state index in [1.807, 2.05) is 18.2 Å². The van der Waals surface area contributed by atoms with Gasteiger partial charge in [0.15, 0.2) is 11.5 Å². The van der Waals surface area contributed by atoms with Crippen LogP contribution >= 0.6 is 12.4 Å². The van der Waals surface area contributed by atoms with Crippen LogP contribution in [-0.4, -0.2) is 51.0 Å². The van der Waals surface area contributed by atoms with Crippen molar-refractivity contribution in [3.05, 3.63) is 23.8 Å². The molecule has 6 heteroatoms. The van der Waals surface area contributed by atoms with Crippen LogP contribution in [0.4, 0.5) is 4.39 Å². The molecule has 1 atom stereocenters. The minimum Gasteiger partial charge on any atom is -0.486 e. The van der Waals surface area contributed by atoms with Crippen molar-refractivity contribution in [3.8, 4) is 11.5 Å². The number of rotatable bonds is 3. The fourth-order valence-corrected chi connectivity index (χ4v) is 2.73. The highest BCUT2D eigenvalue weighted by molar-refractivity contribution is 5.85. The molecular formula is C14H20ClFN2O2. The van der Waals surface area contributed by atoms with Crippen LogP contribution in [0.15, 0.2) is 18.2 Å². The molecule has 3 rings (SSSR count). The zero-order chi connectivity index (χ0) is 13.1. The Bertz CT molecular complexity index is 441. The molecule has 0 radical (unpaired) electrons. The molecular weight excluding hydrogens is 283 g/mol. The molecule has 20 heavy (non-hydrogen) atoms. The number of fused-ring (bicyclic) bond motifs is 1. The maximum atomic E-state index is 13.5. The SMILES string of the molecule is Cl.FC[C@H](c1cccc2c1OCCO2)N1CCNCC1. The lowest BCUT2D eigenvalue weighted by atomic mass is 10.0. The molecule has 1 N–H and O–H groups in total. The summed E-state index contributed by atoms with van der Waals surface area (Å²) in [5.41, 5.74) is 0.904. The summed E-state index contributed by atoms with van der Waals surface area (Å²) in [4.78, 5) is 2.17. The van der Waals surface area contributed by atoms with Crippen molar-refractivity contribution in [3.63, 3.8) is 0 Å². The Labute approximate surface area is 124 Å². The number of alkyl halides is 1. The smallest absolute Gasteiger partial charge is 0.166 e. The van der Waals surface area contributed by atoms with Gasteiger partial charge in [0.1, 0.15) is 19.9 Å². The summed E-state index contributed by atoms with van der Waals surface area (Å²) in [5, 5.41) is 3.29. The summed E-state index contributed by atoms with van der Waals surface area (Å²) in [6.07, 6.45) is 0. The van der Waals surface area contributed by atoms with Crippen LogP contribution in [0, 0.1) is 0 Å². The maximum absolute atomic E-state index is 13.5. The van der Waals surface area contributed by atoms with Gasteiger partial charge in [-0.2, -0.15) is 0 Å². The van der Waals surface area contributed by atoms with Crippen molar-refractivity contribution in [2.75, 3.05) is 46.1 Å². The number of nitrogens with zero attached hydrogens (tertiary/aromatic N) is 1. The fraction of sp³-hybridized carbons (Fsp3) is 0.571. The van der Waals surface area contributed by atoms with Gasteiger partial charge in [-0.1, -0.05) is 12.1 Å². The maximum Gasteiger partial charge on any atom is 0.166 e. The summed E-state index contributed by atoms with van der Waals surface area (Å²) < 4.78 is 24.8. The topological polar surface area (TPSA) is 33.7 Å². The lowest BCUT2D eigenvalue weighted by Crippen LogP contribution is -2.45. The van der Waals surface area contributed by atoms with Crippen molar-refractivity contribution >= 4 is 12.4 Å². The zero-order valence-corrected chi connectivity index (χ0v) is 12.1. The van der Waals surface area contributed by atoms with Crippen molar-refractivity contribution in [1.29, 1.82) is 0 Å². The minimum absolute atomic E-state index is 0. The summed E-state index contributed by atoms with van der Waals surface area (Å²) in [7, 11) is 0. The van der Waals surface area contributed by atoms with Gasteiger partial charge in [-0.3, -0.25) is 4.90 Å². The standard InChI is InChI=1S/C14H19FN2O2.ClH/c15-10-12(17-6-4-16-5-7-17)11-2-1-3-13-14(11)19-9-8-18-13;/h1-3,12,16H,4-10H2;1H/t12-;/m1./s1. The molecule has 2 aliphatic heterocycles. The van der Waals surface area contributed by atoms with Gasteiger partial charge >= 0.3 is 0 Å². The molecule has 0 aliphatic carbocycles. The highest BCUT2D eigenvalue weighted by atomic mass is 35.5. The molecule has 2 heterocycles. The third-order valence-electron chi connectivity index (χ3n) is 3.69. The van der Waals surface area contributed by atoms with E-state index < -0.39 is 6.67 Å². The van der Waals surface area contributed by atoms with Gasteiger partial charge in [0.25, 0.3) is 0 Å². The molecule has 1 aromatic rings. The largest absolute Gasteiger partial charge is 0.486 e. The Morgan fingerprint density at radius 3 is 2.70 bits per heavy atom. The van der Waals surface area contributed by atoms with Gasteiger partial charge < -0.3 is 14.8 Å². The number of piperazine rings is 1. The van der Waals surface area contributed by atoms with Crippen LogP contribution in [0.1, 0.15) is 11.6 Å². The van der Waals surface area contributed by atoms with Crippen molar-refractivity contribution in [2.45, 2.75) is 6.04 Å². The second-order valence-corrected chi connectivity index (χ2v) is 4.83. The highest BCUT2D eigenvalue weighted by Gasteiger charge is 2.27. The first kappa shape index (κ1) is 15.4. The average molecular weight is 303 g/mol. The Balaban J connectivity index is 0.00000147. The van der Waals surface area contributed by atoms with Gasteiger partial charge in [0.2, 0.25) is 0 Å². The number of hydrogen-bond donors (Lipinski definition) is 1. The van der Waals surface area contributed by atoms with Crippen LogP contribution in [0.2, 0.25) is 0 Å². The molecule has 0 bridgehead atoms. The van der Waals surface area contributed by atoms with E-state index >= 15 is 0 Å². The molecule has 1 saturated heterocycles. The Hall–Kier alpha value is -1.04. The first-order valence-corrected chi connectivity index (χ1v) is 6.79.